The molecule has 0 saturated carbocycles. The predicted molar refractivity (Wildman–Crippen MR) is 72.6 cm³/mol. The number of aryl methyl sites for hydroxylation is 2. The van der Waals surface area contributed by atoms with Gasteiger partial charge < -0.3 is 0 Å². The van der Waals surface area contributed by atoms with E-state index in [1.54, 1.807) is 0 Å². The summed E-state index contributed by atoms with van der Waals surface area (Å²) in [6.45, 7) is 0. The maximum absolute atomic E-state index is 13.5. The number of benzene rings is 2. The van der Waals surface area contributed by atoms with Gasteiger partial charge in [-0.3, -0.25) is 0 Å². The van der Waals surface area contributed by atoms with Crippen LogP contribution in [0.2, 0.25) is 0 Å². The Morgan fingerprint density at radius 2 is 1.71 bits per heavy atom. The Morgan fingerprint density at radius 1 is 0.941 bits per heavy atom. The van der Waals surface area contributed by atoms with Crippen molar-refractivity contribution in [3.8, 4) is 0 Å². The summed E-state index contributed by atoms with van der Waals surface area (Å²) in [7, 11) is 0. The molecule has 0 aliphatic rings. The lowest BCUT2D eigenvalue weighted by atomic mass is 10.0. The van der Waals surface area contributed by atoms with Gasteiger partial charge in [-0.15, -0.1) is 0 Å². The second-order valence-corrected chi connectivity index (χ2v) is 4.99. The first-order valence-electron chi connectivity index (χ1n) is 5.73. The van der Waals surface area contributed by atoms with Gasteiger partial charge in [-0.05, 0) is 42.5 Å². The first-order valence-corrected chi connectivity index (χ1v) is 6.53. The van der Waals surface area contributed by atoms with Crippen molar-refractivity contribution in [2.45, 2.75) is 19.3 Å². The molecule has 2 aromatic carbocycles. The summed E-state index contributed by atoms with van der Waals surface area (Å²) in [6, 6.07) is 15.6. The smallest absolute Gasteiger partial charge is 0.127 e. The molecule has 0 nitrogen and oxygen atoms in total. The van der Waals surface area contributed by atoms with Crippen molar-refractivity contribution in [3.05, 3.63) is 69.9 Å². The van der Waals surface area contributed by atoms with E-state index in [9.17, 15) is 4.39 Å². The van der Waals surface area contributed by atoms with Crippen LogP contribution < -0.4 is 0 Å². The van der Waals surface area contributed by atoms with Gasteiger partial charge in [-0.2, -0.15) is 0 Å². The molecule has 0 amide bonds. The van der Waals surface area contributed by atoms with Crippen LogP contribution in [0.4, 0.5) is 4.39 Å². The summed E-state index contributed by atoms with van der Waals surface area (Å²) in [4.78, 5) is 0. The normalized spacial score (nSPS) is 10.5. The highest BCUT2D eigenvalue weighted by Crippen LogP contribution is 2.17. The molecule has 2 aromatic rings. The number of hydrogen-bond acceptors (Lipinski definition) is 0. The van der Waals surface area contributed by atoms with Gasteiger partial charge in [0.2, 0.25) is 0 Å². The summed E-state index contributed by atoms with van der Waals surface area (Å²) in [5.41, 5.74) is 2.11. The van der Waals surface area contributed by atoms with Crippen LogP contribution in [0.1, 0.15) is 17.5 Å². The molecule has 2 heteroatoms. The quantitative estimate of drug-likeness (QED) is 0.762. The zero-order chi connectivity index (χ0) is 12.1. The van der Waals surface area contributed by atoms with Gasteiger partial charge in [0.05, 0.1) is 0 Å². The van der Waals surface area contributed by atoms with Crippen LogP contribution >= 0.6 is 15.9 Å². The van der Waals surface area contributed by atoms with Gasteiger partial charge in [-0.25, -0.2) is 4.39 Å². The van der Waals surface area contributed by atoms with Crippen LogP contribution in [0.25, 0.3) is 0 Å². The molecule has 0 heterocycles. The van der Waals surface area contributed by atoms with E-state index in [0.717, 1.165) is 29.3 Å². The zero-order valence-corrected chi connectivity index (χ0v) is 11.1. The summed E-state index contributed by atoms with van der Waals surface area (Å²) < 4.78 is 14.3. The molecule has 0 aliphatic heterocycles. The number of rotatable bonds is 4. The topological polar surface area (TPSA) is 0 Å². The minimum atomic E-state index is -0.118. The van der Waals surface area contributed by atoms with Gasteiger partial charge in [0.15, 0.2) is 0 Å². The Labute approximate surface area is 110 Å². The van der Waals surface area contributed by atoms with Crippen molar-refractivity contribution >= 4 is 15.9 Å². The maximum atomic E-state index is 13.5. The van der Waals surface area contributed by atoms with Crippen molar-refractivity contribution in [3.63, 3.8) is 0 Å². The van der Waals surface area contributed by atoms with E-state index in [1.807, 2.05) is 30.3 Å². The third kappa shape index (κ3) is 3.67. The Balaban J connectivity index is 1.90. The highest BCUT2D eigenvalue weighted by molar-refractivity contribution is 9.10. The fourth-order valence-electron chi connectivity index (χ4n) is 1.85. The Hall–Kier alpha value is -1.15. The summed E-state index contributed by atoms with van der Waals surface area (Å²) in [5, 5.41) is 0. The van der Waals surface area contributed by atoms with Gasteiger partial charge in [-0.1, -0.05) is 52.3 Å². The Bertz CT molecular complexity index is 480. The van der Waals surface area contributed by atoms with Crippen molar-refractivity contribution < 1.29 is 4.39 Å². The van der Waals surface area contributed by atoms with E-state index < -0.39 is 0 Å². The van der Waals surface area contributed by atoms with E-state index in [2.05, 4.69) is 28.1 Å². The molecule has 88 valence electrons. The number of halogens is 2. The average Bonchev–Trinajstić information content (AvgIpc) is 2.33. The highest BCUT2D eigenvalue weighted by atomic mass is 79.9. The molecule has 17 heavy (non-hydrogen) atoms. The van der Waals surface area contributed by atoms with Crippen LogP contribution in [0, 0.1) is 5.82 Å². The Morgan fingerprint density at radius 3 is 2.41 bits per heavy atom. The van der Waals surface area contributed by atoms with Gasteiger partial charge >= 0.3 is 0 Å². The summed E-state index contributed by atoms with van der Waals surface area (Å²) >= 11 is 3.26. The van der Waals surface area contributed by atoms with Crippen molar-refractivity contribution in [1.82, 2.24) is 0 Å². The molecular formula is C15H14BrF. The number of hydrogen-bond donors (Lipinski definition) is 0. The molecule has 2 rings (SSSR count). The van der Waals surface area contributed by atoms with Crippen molar-refractivity contribution in [1.29, 1.82) is 0 Å². The molecule has 0 saturated heterocycles. The van der Waals surface area contributed by atoms with Crippen LogP contribution in [0.3, 0.4) is 0 Å². The monoisotopic (exact) mass is 292 g/mol. The largest absolute Gasteiger partial charge is 0.207 e. The fraction of sp³-hybridized carbons (Fsp3) is 0.200. The SMILES string of the molecule is Fc1cc(Br)ccc1CCCc1ccccc1. The predicted octanol–water partition coefficient (Wildman–Crippen LogP) is 4.76. The highest BCUT2D eigenvalue weighted by Gasteiger charge is 2.02. The maximum Gasteiger partial charge on any atom is 0.127 e. The third-order valence-corrected chi connectivity index (χ3v) is 3.26. The molecule has 0 aromatic heterocycles. The first kappa shape index (κ1) is 12.3. The molecule has 0 unspecified atom stereocenters. The lowest BCUT2D eigenvalue weighted by Crippen LogP contribution is -1.93. The summed E-state index contributed by atoms with van der Waals surface area (Å²) in [5.74, 6) is -0.118. The lowest BCUT2D eigenvalue weighted by Gasteiger charge is -2.04. The molecule has 0 atom stereocenters. The minimum absolute atomic E-state index is 0.118. The molecule has 0 spiro atoms. The molecule has 0 aliphatic carbocycles. The van der Waals surface area contributed by atoms with Gasteiger partial charge in [0.1, 0.15) is 5.82 Å². The van der Waals surface area contributed by atoms with Crippen LogP contribution in [-0.4, -0.2) is 0 Å². The standard InChI is InChI=1S/C15H14BrF/c16-14-10-9-13(15(17)11-14)8-4-7-12-5-2-1-3-6-12/h1-3,5-6,9-11H,4,7-8H2. The minimum Gasteiger partial charge on any atom is -0.207 e. The summed E-state index contributed by atoms with van der Waals surface area (Å²) in [6.07, 6.45) is 2.76. The van der Waals surface area contributed by atoms with E-state index in [4.69, 9.17) is 0 Å². The van der Waals surface area contributed by atoms with E-state index in [-0.39, 0.29) is 5.82 Å². The van der Waals surface area contributed by atoms with Crippen molar-refractivity contribution in [2.75, 3.05) is 0 Å². The van der Waals surface area contributed by atoms with Crippen LogP contribution in [-0.2, 0) is 12.8 Å². The van der Waals surface area contributed by atoms with E-state index in [0.29, 0.717) is 0 Å². The molecule has 0 bridgehead atoms. The van der Waals surface area contributed by atoms with E-state index in [1.165, 1.54) is 11.6 Å². The molecule has 0 radical (unpaired) electrons. The van der Waals surface area contributed by atoms with Gasteiger partial charge in [0, 0.05) is 4.47 Å². The Kier molecular flexibility index (Phi) is 4.32. The van der Waals surface area contributed by atoms with Crippen LogP contribution in [0.5, 0.6) is 0 Å². The fourth-order valence-corrected chi connectivity index (χ4v) is 2.19. The van der Waals surface area contributed by atoms with E-state index >= 15 is 0 Å². The molecule has 0 fully saturated rings. The van der Waals surface area contributed by atoms with Crippen molar-refractivity contribution in [2.24, 2.45) is 0 Å². The first-order chi connectivity index (χ1) is 8.25. The second-order valence-electron chi connectivity index (χ2n) is 4.07. The molecular weight excluding hydrogens is 279 g/mol. The lowest BCUT2D eigenvalue weighted by molar-refractivity contribution is 0.603. The third-order valence-electron chi connectivity index (χ3n) is 2.77. The van der Waals surface area contributed by atoms with Crippen LogP contribution in [0.15, 0.2) is 53.0 Å². The average molecular weight is 293 g/mol. The zero-order valence-electron chi connectivity index (χ0n) is 9.50. The second kappa shape index (κ2) is 5.97. The van der Waals surface area contributed by atoms with Gasteiger partial charge in [0.25, 0.3) is 0 Å². The molecule has 0 N–H and O–H groups in total.